The van der Waals surface area contributed by atoms with Crippen LogP contribution in [0.25, 0.3) is 0 Å². The van der Waals surface area contributed by atoms with Crippen LogP contribution in [0.15, 0.2) is 18.2 Å². The fraction of sp³-hybridized carbons (Fsp3) is 0.400. The van der Waals surface area contributed by atoms with Crippen molar-refractivity contribution < 1.29 is 13.2 Å². The average molecular weight is 238 g/mol. The molecule has 0 heterocycles. The van der Waals surface area contributed by atoms with Crippen LogP contribution in [0.1, 0.15) is 11.1 Å². The highest BCUT2D eigenvalue weighted by molar-refractivity contribution is 6.30. The molecule has 1 N–H and O–H groups in total. The Bertz CT molecular complexity index is 336. The lowest BCUT2D eigenvalue weighted by Crippen LogP contribution is -2.11. The van der Waals surface area contributed by atoms with Crippen LogP contribution in [0.3, 0.4) is 0 Å². The van der Waals surface area contributed by atoms with E-state index < -0.39 is 11.7 Å². The van der Waals surface area contributed by atoms with Crippen LogP contribution in [-0.2, 0) is 12.6 Å². The minimum absolute atomic E-state index is 0.121. The normalized spacial score (nSPS) is 11.8. The molecule has 0 aliphatic rings. The second-order valence-electron chi connectivity index (χ2n) is 3.20. The van der Waals surface area contributed by atoms with Crippen LogP contribution < -0.4 is 5.32 Å². The Morgan fingerprint density at radius 3 is 2.47 bits per heavy atom. The van der Waals surface area contributed by atoms with Crippen molar-refractivity contribution in [3.8, 4) is 0 Å². The fourth-order valence-corrected chi connectivity index (χ4v) is 1.49. The van der Waals surface area contributed by atoms with Gasteiger partial charge in [0.15, 0.2) is 0 Å². The number of likely N-dealkylation sites (N-methyl/N-ethyl adjacent to an activating group) is 1. The van der Waals surface area contributed by atoms with Gasteiger partial charge in [0, 0.05) is 5.02 Å². The van der Waals surface area contributed by atoms with E-state index in [1.807, 2.05) is 0 Å². The van der Waals surface area contributed by atoms with E-state index >= 15 is 0 Å². The topological polar surface area (TPSA) is 12.0 Å². The quantitative estimate of drug-likeness (QED) is 0.852. The van der Waals surface area contributed by atoms with Crippen molar-refractivity contribution in [2.75, 3.05) is 13.6 Å². The summed E-state index contributed by atoms with van der Waals surface area (Å²) in [5.74, 6) is 0. The van der Waals surface area contributed by atoms with E-state index in [9.17, 15) is 13.2 Å². The summed E-state index contributed by atoms with van der Waals surface area (Å²) in [6, 6.07) is 3.61. The molecule has 0 aliphatic carbocycles. The molecule has 0 fully saturated rings. The van der Waals surface area contributed by atoms with Crippen molar-refractivity contribution in [3.05, 3.63) is 34.3 Å². The van der Waals surface area contributed by atoms with E-state index in [-0.39, 0.29) is 5.02 Å². The van der Waals surface area contributed by atoms with E-state index in [0.29, 0.717) is 18.5 Å². The molecule has 1 rings (SSSR count). The highest BCUT2D eigenvalue weighted by Gasteiger charge is 2.30. The van der Waals surface area contributed by atoms with Gasteiger partial charge >= 0.3 is 6.18 Å². The van der Waals surface area contributed by atoms with Crippen molar-refractivity contribution in [2.24, 2.45) is 0 Å². The zero-order valence-corrected chi connectivity index (χ0v) is 8.91. The van der Waals surface area contributed by atoms with Gasteiger partial charge in [-0.3, -0.25) is 0 Å². The van der Waals surface area contributed by atoms with Gasteiger partial charge in [-0.05, 0) is 43.8 Å². The summed E-state index contributed by atoms with van der Waals surface area (Å²) in [5, 5.41) is 2.99. The molecule has 84 valence electrons. The first-order chi connectivity index (χ1) is 6.93. The van der Waals surface area contributed by atoms with Crippen LogP contribution in [-0.4, -0.2) is 13.6 Å². The Morgan fingerprint density at radius 2 is 1.93 bits per heavy atom. The van der Waals surface area contributed by atoms with Crippen molar-refractivity contribution in [1.82, 2.24) is 5.32 Å². The zero-order valence-electron chi connectivity index (χ0n) is 8.16. The van der Waals surface area contributed by atoms with Gasteiger partial charge < -0.3 is 5.32 Å². The summed E-state index contributed by atoms with van der Waals surface area (Å²) in [6.07, 6.45) is -3.81. The minimum Gasteiger partial charge on any atom is -0.319 e. The molecule has 0 saturated carbocycles. The molecular weight excluding hydrogens is 227 g/mol. The molecule has 0 atom stereocenters. The monoisotopic (exact) mass is 237 g/mol. The maximum absolute atomic E-state index is 12.4. The van der Waals surface area contributed by atoms with Crippen molar-refractivity contribution in [1.29, 1.82) is 0 Å². The highest BCUT2D eigenvalue weighted by Crippen LogP contribution is 2.31. The first kappa shape index (κ1) is 12.3. The molecule has 1 nitrogen and oxygen atoms in total. The van der Waals surface area contributed by atoms with Crippen molar-refractivity contribution in [3.63, 3.8) is 0 Å². The highest BCUT2D eigenvalue weighted by atomic mass is 35.5. The molecule has 0 aromatic heterocycles. The van der Waals surface area contributed by atoms with Crippen molar-refractivity contribution >= 4 is 11.6 Å². The number of halogens is 4. The van der Waals surface area contributed by atoms with Gasteiger partial charge in [-0.15, -0.1) is 0 Å². The second-order valence-corrected chi connectivity index (χ2v) is 3.64. The molecule has 0 spiro atoms. The number of benzene rings is 1. The molecule has 0 aliphatic heterocycles. The largest absolute Gasteiger partial charge is 0.416 e. The predicted molar refractivity (Wildman–Crippen MR) is 54.1 cm³/mol. The van der Waals surface area contributed by atoms with E-state index in [1.165, 1.54) is 0 Å². The lowest BCUT2D eigenvalue weighted by molar-refractivity contribution is -0.137. The van der Waals surface area contributed by atoms with E-state index in [4.69, 9.17) is 11.6 Å². The number of rotatable bonds is 3. The van der Waals surface area contributed by atoms with E-state index in [2.05, 4.69) is 5.32 Å². The molecule has 1 aromatic rings. The number of nitrogens with one attached hydrogen (secondary N) is 1. The first-order valence-electron chi connectivity index (χ1n) is 4.45. The van der Waals surface area contributed by atoms with Gasteiger partial charge in [-0.25, -0.2) is 0 Å². The van der Waals surface area contributed by atoms with E-state index in [1.54, 1.807) is 13.1 Å². The maximum Gasteiger partial charge on any atom is 0.416 e. The second kappa shape index (κ2) is 4.86. The molecule has 0 saturated heterocycles. The summed E-state index contributed by atoms with van der Waals surface area (Å²) in [7, 11) is 1.75. The number of hydrogen-bond donors (Lipinski definition) is 1. The summed E-state index contributed by atoms with van der Waals surface area (Å²) in [4.78, 5) is 0. The number of alkyl halides is 3. The molecule has 0 radical (unpaired) electrons. The third-order valence-corrected chi connectivity index (χ3v) is 2.17. The molecule has 1 aromatic carbocycles. The predicted octanol–water partition coefficient (Wildman–Crippen LogP) is 3.12. The summed E-state index contributed by atoms with van der Waals surface area (Å²) >= 11 is 5.61. The molecule has 0 bridgehead atoms. The van der Waals surface area contributed by atoms with Crippen molar-refractivity contribution in [2.45, 2.75) is 12.6 Å². The molecular formula is C10H11ClF3N. The fourth-order valence-electron chi connectivity index (χ4n) is 1.23. The summed E-state index contributed by atoms with van der Waals surface area (Å²) in [5.41, 5.74) is -0.106. The van der Waals surface area contributed by atoms with Gasteiger partial charge in [0.05, 0.1) is 5.56 Å². The lowest BCUT2D eigenvalue weighted by atomic mass is 10.1. The molecule has 5 heteroatoms. The van der Waals surface area contributed by atoms with Gasteiger partial charge in [-0.1, -0.05) is 11.6 Å². The Labute approximate surface area is 91.2 Å². The summed E-state index contributed by atoms with van der Waals surface area (Å²) < 4.78 is 37.2. The first-order valence-corrected chi connectivity index (χ1v) is 4.82. The molecule has 15 heavy (non-hydrogen) atoms. The van der Waals surface area contributed by atoms with Crippen LogP contribution in [0.4, 0.5) is 13.2 Å². The lowest BCUT2D eigenvalue weighted by Gasteiger charge is -2.09. The van der Waals surface area contributed by atoms with Gasteiger partial charge in [0.2, 0.25) is 0 Å². The Hall–Kier alpha value is -0.740. The average Bonchev–Trinajstić information content (AvgIpc) is 2.12. The smallest absolute Gasteiger partial charge is 0.319 e. The van der Waals surface area contributed by atoms with Gasteiger partial charge in [0.1, 0.15) is 0 Å². The Kier molecular flexibility index (Phi) is 3.99. The number of hydrogen-bond acceptors (Lipinski definition) is 1. The van der Waals surface area contributed by atoms with Crippen LogP contribution in [0.2, 0.25) is 5.02 Å². The zero-order chi connectivity index (χ0) is 11.5. The minimum atomic E-state index is -4.33. The van der Waals surface area contributed by atoms with Crippen LogP contribution in [0.5, 0.6) is 0 Å². The SMILES string of the molecule is CNCCc1cc(Cl)cc(C(F)(F)F)c1. The Morgan fingerprint density at radius 1 is 1.27 bits per heavy atom. The third-order valence-electron chi connectivity index (χ3n) is 1.95. The van der Waals surface area contributed by atoms with Gasteiger partial charge in [-0.2, -0.15) is 13.2 Å². The summed E-state index contributed by atoms with van der Waals surface area (Å²) in [6.45, 7) is 0.623. The van der Waals surface area contributed by atoms with Crippen LogP contribution in [0, 0.1) is 0 Å². The van der Waals surface area contributed by atoms with Crippen LogP contribution >= 0.6 is 11.6 Å². The van der Waals surface area contributed by atoms with Gasteiger partial charge in [0.25, 0.3) is 0 Å². The molecule has 0 amide bonds. The van der Waals surface area contributed by atoms with E-state index in [0.717, 1.165) is 12.1 Å². The standard InChI is InChI=1S/C10H11ClF3N/c1-15-3-2-7-4-8(10(12,13)14)6-9(11)5-7/h4-6,15H,2-3H2,1H3. The third kappa shape index (κ3) is 3.72. The Balaban J connectivity index is 2.95. The maximum atomic E-state index is 12.4. The molecule has 0 unspecified atom stereocenters.